The van der Waals surface area contributed by atoms with Crippen LogP contribution in [0, 0.1) is 0 Å². The van der Waals surface area contributed by atoms with E-state index in [9.17, 15) is 13.2 Å². The summed E-state index contributed by atoms with van der Waals surface area (Å²) in [7, 11) is -3.53. The molecule has 1 aliphatic heterocycles. The number of benzene rings is 3. The largest absolute Gasteiger partial charge is 0.379 e. The fourth-order valence-corrected chi connectivity index (χ4v) is 5.24. The average Bonchev–Trinajstić information content (AvgIpc) is 2.89. The van der Waals surface area contributed by atoms with Gasteiger partial charge in [-0.15, -0.1) is 0 Å². The summed E-state index contributed by atoms with van der Waals surface area (Å²) < 4.78 is 32.1. The fraction of sp³-hybridized carbons (Fsp3) is 0.269. The maximum absolute atomic E-state index is 12.7. The second-order valence-corrected chi connectivity index (χ2v) is 10.1. The number of carbonyl (C=O) groups is 1. The van der Waals surface area contributed by atoms with E-state index in [0.717, 1.165) is 16.7 Å². The molecule has 3 aromatic rings. The number of sulfonamides is 1. The molecule has 34 heavy (non-hydrogen) atoms. The zero-order chi connectivity index (χ0) is 24.0. The van der Waals surface area contributed by atoms with Crippen molar-refractivity contribution in [2.24, 2.45) is 0 Å². The Bertz CT molecular complexity index is 1190. The molecule has 7 nitrogen and oxygen atoms in total. The van der Waals surface area contributed by atoms with E-state index in [-0.39, 0.29) is 23.4 Å². The van der Waals surface area contributed by atoms with E-state index < -0.39 is 10.0 Å². The lowest BCUT2D eigenvalue weighted by molar-refractivity contribution is -0.120. The number of rotatable bonds is 8. The summed E-state index contributed by atoms with van der Waals surface area (Å²) >= 11 is 0. The third-order valence-electron chi connectivity index (χ3n) is 5.81. The highest BCUT2D eigenvalue weighted by atomic mass is 32.2. The van der Waals surface area contributed by atoms with Crippen molar-refractivity contribution in [3.05, 3.63) is 84.4 Å². The summed E-state index contributed by atoms with van der Waals surface area (Å²) in [5, 5.41) is 6.04. The third kappa shape index (κ3) is 5.83. The Kier molecular flexibility index (Phi) is 7.62. The molecular formula is C26H29N3O4S. The van der Waals surface area contributed by atoms with Crippen LogP contribution < -0.4 is 10.6 Å². The van der Waals surface area contributed by atoms with Gasteiger partial charge in [0.05, 0.1) is 30.7 Å². The van der Waals surface area contributed by atoms with Gasteiger partial charge < -0.3 is 15.4 Å². The Labute approximate surface area is 200 Å². The number of hydrogen-bond donors (Lipinski definition) is 2. The number of nitrogens with one attached hydrogen (secondary N) is 2. The minimum Gasteiger partial charge on any atom is -0.379 e. The predicted octanol–water partition coefficient (Wildman–Crippen LogP) is 3.66. The minimum atomic E-state index is -3.53. The maximum atomic E-state index is 12.7. The van der Waals surface area contributed by atoms with Crippen LogP contribution in [0.2, 0.25) is 0 Å². The van der Waals surface area contributed by atoms with Crippen molar-refractivity contribution in [1.82, 2.24) is 9.62 Å². The molecule has 3 aromatic carbocycles. The van der Waals surface area contributed by atoms with Crippen molar-refractivity contribution >= 4 is 21.6 Å². The molecule has 1 unspecified atom stereocenters. The highest BCUT2D eigenvalue weighted by Crippen LogP contribution is 2.22. The number of morpholine rings is 1. The van der Waals surface area contributed by atoms with Crippen LogP contribution in [-0.4, -0.2) is 51.5 Å². The first-order valence-corrected chi connectivity index (χ1v) is 12.7. The molecule has 2 N–H and O–H groups in total. The zero-order valence-corrected chi connectivity index (χ0v) is 19.9. The van der Waals surface area contributed by atoms with Crippen molar-refractivity contribution in [2.45, 2.75) is 17.9 Å². The highest BCUT2D eigenvalue weighted by molar-refractivity contribution is 7.89. The number of carbonyl (C=O) groups excluding carboxylic acids is 1. The Balaban J connectivity index is 1.29. The second-order valence-electron chi connectivity index (χ2n) is 8.17. The van der Waals surface area contributed by atoms with Gasteiger partial charge in [0.15, 0.2) is 0 Å². The molecule has 8 heteroatoms. The van der Waals surface area contributed by atoms with Gasteiger partial charge in [-0.05, 0) is 47.9 Å². The first kappa shape index (κ1) is 23.9. The van der Waals surface area contributed by atoms with E-state index in [1.165, 1.54) is 4.31 Å². The fourth-order valence-electron chi connectivity index (χ4n) is 3.83. The van der Waals surface area contributed by atoms with Crippen LogP contribution in [0.4, 0.5) is 5.69 Å². The lowest BCUT2D eigenvalue weighted by Crippen LogP contribution is -2.40. The van der Waals surface area contributed by atoms with Crippen molar-refractivity contribution in [1.29, 1.82) is 0 Å². The molecule has 0 aliphatic carbocycles. The Hall–Kier alpha value is -3.20. The molecule has 0 radical (unpaired) electrons. The van der Waals surface area contributed by atoms with Crippen LogP contribution in [0.5, 0.6) is 0 Å². The van der Waals surface area contributed by atoms with Gasteiger partial charge in [-0.1, -0.05) is 54.6 Å². The average molecular weight is 480 g/mol. The van der Waals surface area contributed by atoms with Gasteiger partial charge in [-0.25, -0.2) is 8.42 Å². The lowest BCUT2D eigenvalue weighted by atomic mass is 10.0. The standard InChI is InChI=1S/C26H29N3O4S/c1-20(21-7-9-23(10-8-21)22-5-3-2-4-6-22)28-26(30)19-27-24-11-13-25(14-12-24)34(31,32)29-15-17-33-18-16-29/h2-14,20,27H,15-19H2,1H3,(H,28,30). The van der Waals surface area contributed by atoms with E-state index in [4.69, 9.17) is 4.74 Å². The number of nitrogens with zero attached hydrogens (tertiary/aromatic N) is 1. The first-order chi connectivity index (χ1) is 16.4. The molecule has 1 atom stereocenters. The first-order valence-electron chi connectivity index (χ1n) is 11.3. The summed E-state index contributed by atoms with van der Waals surface area (Å²) in [6.07, 6.45) is 0. The number of amides is 1. The van der Waals surface area contributed by atoms with Gasteiger partial charge in [-0.3, -0.25) is 4.79 Å². The molecule has 0 spiro atoms. The second kappa shape index (κ2) is 10.8. The number of hydrogen-bond acceptors (Lipinski definition) is 5. The molecule has 1 fully saturated rings. The van der Waals surface area contributed by atoms with Gasteiger partial charge in [0.2, 0.25) is 15.9 Å². The quantitative estimate of drug-likeness (QED) is 0.515. The summed E-state index contributed by atoms with van der Waals surface area (Å²) in [5.41, 5.74) is 3.98. The summed E-state index contributed by atoms with van der Waals surface area (Å²) in [6, 6.07) is 24.6. The van der Waals surface area contributed by atoms with Gasteiger partial charge >= 0.3 is 0 Å². The maximum Gasteiger partial charge on any atom is 0.243 e. The Morgan fingerprint density at radius 1 is 0.912 bits per heavy atom. The van der Waals surface area contributed by atoms with Gasteiger partial charge in [0.25, 0.3) is 0 Å². The van der Waals surface area contributed by atoms with Crippen LogP contribution in [0.25, 0.3) is 11.1 Å². The molecule has 178 valence electrons. The van der Waals surface area contributed by atoms with Gasteiger partial charge in [-0.2, -0.15) is 4.31 Å². The monoisotopic (exact) mass is 479 g/mol. The van der Waals surface area contributed by atoms with E-state index in [2.05, 4.69) is 34.9 Å². The molecule has 1 amide bonds. The highest BCUT2D eigenvalue weighted by Gasteiger charge is 2.26. The van der Waals surface area contributed by atoms with Crippen molar-refractivity contribution in [3.8, 4) is 11.1 Å². The summed E-state index contributed by atoms with van der Waals surface area (Å²) in [5.74, 6) is -0.148. The van der Waals surface area contributed by atoms with Crippen molar-refractivity contribution in [3.63, 3.8) is 0 Å². The topological polar surface area (TPSA) is 87.7 Å². The van der Waals surface area contributed by atoms with Crippen LogP contribution in [-0.2, 0) is 19.6 Å². The third-order valence-corrected chi connectivity index (χ3v) is 7.72. The molecule has 0 saturated carbocycles. The van der Waals surface area contributed by atoms with Crippen LogP contribution >= 0.6 is 0 Å². The normalized spacial score (nSPS) is 15.4. The minimum absolute atomic E-state index is 0.0853. The van der Waals surface area contributed by atoms with Gasteiger partial charge in [0, 0.05) is 18.8 Å². The van der Waals surface area contributed by atoms with Crippen LogP contribution in [0.1, 0.15) is 18.5 Å². The van der Waals surface area contributed by atoms with E-state index in [1.807, 2.05) is 37.3 Å². The SMILES string of the molecule is CC(NC(=O)CNc1ccc(S(=O)(=O)N2CCOCC2)cc1)c1ccc(-c2ccccc2)cc1. The van der Waals surface area contributed by atoms with E-state index >= 15 is 0 Å². The van der Waals surface area contributed by atoms with E-state index in [0.29, 0.717) is 32.0 Å². The van der Waals surface area contributed by atoms with Gasteiger partial charge in [0.1, 0.15) is 0 Å². The smallest absolute Gasteiger partial charge is 0.243 e. The number of anilines is 1. The molecule has 1 aliphatic rings. The Morgan fingerprint density at radius 3 is 2.18 bits per heavy atom. The van der Waals surface area contributed by atoms with Crippen molar-refractivity contribution < 1.29 is 17.9 Å². The van der Waals surface area contributed by atoms with Crippen molar-refractivity contribution in [2.75, 3.05) is 38.2 Å². The lowest BCUT2D eigenvalue weighted by Gasteiger charge is -2.26. The zero-order valence-electron chi connectivity index (χ0n) is 19.1. The summed E-state index contributed by atoms with van der Waals surface area (Å²) in [4.78, 5) is 12.7. The van der Waals surface area contributed by atoms with Crippen LogP contribution in [0.3, 0.4) is 0 Å². The molecule has 1 saturated heterocycles. The van der Waals surface area contributed by atoms with Crippen LogP contribution in [0.15, 0.2) is 83.8 Å². The predicted molar refractivity (Wildman–Crippen MR) is 133 cm³/mol. The molecule has 0 aromatic heterocycles. The molecule has 4 rings (SSSR count). The molecule has 0 bridgehead atoms. The molecule has 1 heterocycles. The number of ether oxygens (including phenoxy) is 1. The Morgan fingerprint density at radius 2 is 1.53 bits per heavy atom. The molecular weight excluding hydrogens is 450 g/mol. The summed E-state index contributed by atoms with van der Waals surface area (Å²) in [6.45, 7) is 3.56. The van der Waals surface area contributed by atoms with E-state index in [1.54, 1.807) is 24.3 Å².